The van der Waals surface area contributed by atoms with Crippen molar-refractivity contribution in [2.75, 3.05) is 11.9 Å². The summed E-state index contributed by atoms with van der Waals surface area (Å²) < 4.78 is 0.996. The van der Waals surface area contributed by atoms with Crippen molar-refractivity contribution in [2.45, 2.75) is 6.92 Å². The zero-order valence-corrected chi connectivity index (χ0v) is 15.5. The quantitative estimate of drug-likeness (QED) is 0.540. The Bertz CT molecular complexity index is 1040. The van der Waals surface area contributed by atoms with Crippen LogP contribution in [0.1, 0.15) is 6.92 Å². The second-order valence-corrected chi connectivity index (χ2v) is 7.21. The van der Waals surface area contributed by atoms with Crippen molar-refractivity contribution in [3.05, 3.63) is 47.5 Å². The van der Waals surface area contributed by atoms with Gasteiger partial charge in [0, 0.05) is 35.4 Å². The van der Waals surface area contributed by atoms with E-state index in [4.69, 9.17) is 0 Å². The number of amides is 2. The molecule has 6 nitrogen and oxygen atoms in total. The van der Waals surface area contributed by atoms with Crippen molar-refractivity contribution >= 4 is 44.1 Å². The normalized spacial score (nSPS) is 10.8. The van der Waals surface area contributed by atoms with Gasteiger partial charge in [0.1, 0.15) is 0 Å². The average Bonchev–Trinajstić information content (AvgIpc) is 3.31. The third kappa shape index (κ3) is 3.29. The molecule has 0 aliphatic rings. The molecule has 0 bridgehead atoms. The molecule has 4 rings (SSSR count). The number of aromatic nitrogens is 3. The highest BCUT2D eigenvalue weighted by Gasteiger charge is 2.15. The van der Waals surface area contributed by atoms with E-state index in [0.29, 0.717) is 11.7 Å². The molecule has 8 heteroatoms. The molecule has 3 heterocycles. The Labute approximate surface area is 158 Å². The van der Waals surface area contributed by atoms with E-state index in [0.717, 1.165) is 32.6 Å². The van der Waals surface area contributed by atoms with Crippen LogP contribution in [0.15, 0.2) is 47.5 Å². The number of pyridine rings is 1. The molecular weight excluding hydrogens is 366 g/mol. The van der Waals surface area contributed by atoms with Gasteiger partial charge in [0.05, 0.1) is 21.4 Å². The van der Waals surface area contributed by atoms with Gasteiger partial charge < -0.3 is 5.32 Å². The highest BCUT2D eigenvalue weighted by atomic mass is 32.1. The number of thiazole rings is 2. The number of fused-ring (bicyclic) bond motifs is 1. The number of carbonyl (C=O) groups excluding carboxylic acids is 1. The minimum Gasteiger partial charge on any atom is -0.338 e. The number of rotatable bonds is 4. The lowest BCUT2D eigenvalue weighted by Crippen LogP contribution is -2.28. The Morgan fingerprint density at radius 1 is 1.27 bits per heavy atom. The zero-order chi connectivity index (χ0) is 17.9. The number of urea groups is 1. The Morgan fingerprint density at radius 2 is 2.19 bits per heavy atom. The number of anilines is 1. The van der Waals surface area contributed by atoms with E-state index in [-0.39, 0.29) is 6.03 Å². The van der Waals surface area contributed by atoms with Crippen LogP contribution in [0.25, 0.3) is 32.6 Å². The van der Waals surface area contributed by atoms with E-state index in [1.807, 2.05) is 42.2 Å². The van der Waals surface area contributed by atoms with Gasteiger partial charge in [-0.2, -0.15) is 0 Å². The fourth-order valence-corrected chi connectivity index (χ4v) is 4.14. The Kier molecular flexibility index (Phi) is 4.59. The maximum Gasteiger partial charge on any atom is 0.321 e. The van der Waals surface area contributed by atoms with Gasteiger partial charge in [0.15, 0.2) is 5.13 Å². The number of nitrogens with one attached hydrogen (secondary N) is 2. The van der Waals surface area contributed by atoms with E-state index in [9.17, 15) is 4.79 Å². The van der Waals surface area contributed by atoms with E-state index in [1.165, 1.54) is 11.3 Å². The van der Waals surface area contributed by atoms with Crippen LogP contribution in [0.2, 0.25) is 0 Å². The number of carbonyl (C=O) groups is 1. The molecule has 0 radical (unpaired) electrons. The van der Waals surface area contributed by atoms with Crippen molar-refractivity contribution in [1.82, 2.24) is 20.3 Å². The second-order valence-electron chi connectivity index (χ2n) is 5.49. The Hall–Kier alpha value is -2.84. The second kappa shape index (κ2) is 7.19. The fraction of sp³-hybridized carbons (Fsp3) is 0.111. The minimum atomic E-state index is -0.255. The molecule has 0 saturated heterocycles. The largest absolute Gasteiger partial charge is 0.338 e. The van der Waals surface area contributed by atoms with Gasteiger partial charge in [-0.3, -0.25) is 10.3 Å². The first kappa shape index (κ1) is 16.6. The number of nitrogens with zero attached hydrogens (tertiary/aromatic N) is 3. The molecule has 130 valence electrons. The van der Waals surface area contributed by atoms with Crippen LogP contribution in [-0.2, 0) is 0 Å². The summed E-state index contributed by atoms with van der Waals surface area (Å²) in [5.74, 6) is 0. The molecule has 0 fully saturated rings. The standard InChI is InChI=1S/C18H15N5OS2/c1-2-20-17(24)23-18-22-14-7-12(11-4-3-5-19-8-11)6-13(16(14)26-18)15-9-25-10-21-15/h3-10H,2H2,1H3,(H2,20,22,23,24). The van der Waals surface area contributed by atoms with E-state index >= 15 is 0 Å². The summed E-state index contributed by atoms with van der Waals surface area (Å²) in [6.45, 7) is 2.43. The summed E-state index contributed by atoms with van der Waals surface area (Å²) >= 11 is 3.00. The lowest BCUT2D eigenvalue weighted by molar-refractivity contribution is 0.252. The monoisotopic (exact) mass is 381 g/mol. The minimum absolute atomic E-state index is 0.255. The maximum atomic E-state index is 11.8. The van der Waals surface area contributed by atoms with Crippen molar-refractivity contribution in [3.63, 3.8) is 0 Å². The Morgan fingerprint density at radius 3 is 2.92 bits per heavy atom. The predicted molar refractivity (Wildman–Crippen MR) is 107 cm³/mol. The van der Waals surface area contributed by atoms with E-state index < -0.39 is 0 Å². The smallest absolute Gasteiger partial charge is 0.321 e. The van der Waals surface area contributed by atoms with Crippen LogP contribution < -0.4 is 10.6 Å². The van der Waals surface area contributed by atoms with Gasteiger partial charge in [-0.1, -0.05) is 17.4 Å². The molecular formula is C18H15N5OS2. The molecule has 2 amide bonds. The first-order valence-corrected chi connectivity index (χ1v) is 9.79. The lowest BCUT2D eigenvalue weighted by Gasteiger charge is -2.05. The van der Waals surface area contributed by atoms with Crippen molar-refractivity contribution in [2.24, 2.45) is 0 Å². The van der Waals surface area contributed by atoms with Gasteiger partial charge in [-0.25, -0.2) is 14.8 Å². The van der Waals surface area contributed by atoms with Crippen LogP contribution >= 0.6 is 22.7 Å². The number of hydrogen-bond acceptors (Lipinski definition) is 6. The molecule has 0 unspecified atom stereocenters. The van der Waals surface area contributed by atoms with Crippen LogP contribution in [0.3, 0.4) is 0 Å². The third-order valence-electron chi connectivity index (χ3n) is 3.75. The molecule has 26 heavy (non-hydrogen) atoms. The summed E-state index contributed by atoms with van der Waals surface area (Å²) in [4.78, 5) is 25.1. The summed E-state index contributed by atoms with van der Waals surface area (Å²) in [7, 11) is 0. The summed E-state index contributed by atoms with van der Waals surface area (Å²) in [5.41, 5.74) is 6.57. The van der Waals surface area contributed by atoms with Crippen LogP contribution in [0.4, 0.5) is 9.93 Å². The average molecular weight is 381 g/mol. The molecule has 0 aliphatic carbocycles. The first-order chi connectivity index (χ1) is 12.7. The SMILES string of the molecule is CCNC(=O)Nc1nc2cc(-c3cccnc3)cc(-c3cscn3)c2s1. The number of hydrogen-bond donors (Lipinski definition) is 2. The highest BCUT2D eigenvalue weighted by Crippen LogP contribution is 2.38. The third-order valence-corrected chi connectivity index (χ3v) is 5.36. The van der Waals surface area contributed by atoms with Gasteiger partial charge >= 0.3 is 6.03 Å². The molecule has 0 aliphatic heterocycles. The molecule has 0 atom stereocenters. The number of benzene rings is 1. The molecule has 2 N–H and O–H groups in total. The van der Waals surface area contributed by atoms with E-state index in [2.05, 4.69) is 31.7 Å². The first-order valence-electron chi connectivity index (χ1n) is 8.03. The van der Waals surface area contributed by atoms with Gasteiger partial charge in [0.2, 0.25) is 0 Å². The zero-order valence-electron chi connectivity index (χ0n) is 13.9. The van der Waals surface area contributed by atoms with Crippen LogP contribution in [0, 0.1) is 0 Å². The molecule has 0 spiro atoms. The van der Waals surface area contributed by atoms with Gasteiger partial charge in [0.25, 0.3) is 0 Å². The molecule has 3 aromatic heterocycles. The van der Waals surface area contributed by atoms with Crippen LogP contribution in [-0.4, -0.2) is 27.5 Å². The summed E-state index contributed by atoms with van der Waals surface area (Å²) in [6.07, 6.45) is 3.58. The summed E-state index contributed by atoms with van der Waals surface area (Å²) in [6, 6.07) is 7.78. The topological polar surface area (TPSA) is 79.8 Å². The van der Waals surface area contributed by atoms with E-state index in [1.54, 1.807) is 17.5 Å². The summed E-state index contributed by atoms with van der Waals surface area (Å²) in [5, 5.41) is 8.08. The Balaban J connectivity index is 1.85. The molecule has 1 aromatic carbocycles. The van der Waals surface area contributed by atoms with Gasteiger partial charge in [-0.15, -0.1) is 11.3 Å². The van der Waals surface area contributed by atoms with Crippen molar-refractivity contribution in [3.8, 4) is 22.4 Å². The fourth-order valence-electron chi connectivity index (χ4n) is 2.62. The van der Waals surface area contributed by atoms with Crippen molar-refractivity contribution < 1.29 is 4.79 Å². The van der Waals surface area contributed by atoms with Crippen molar-refractivity contribution in [1.29, 1.82) is 0 Å². The maximum absolute atomic E-state index is 11.8. The van der Waals surface area contributed by atoms with Gasteiger partial charge in [-0.05, 0) is 30.7 Å². The lowest BCUT2D eigenvalue weighted by atomic mass is 10.0. The van der Waals surface area contributed by atoms with Crippen LogP contribution in [0.5, 0.6) is 0 Å². The molecule has 0 saturated carbocycles. The molecule has 4 aromatic rings. The highest BCUT2D eigenvalue weighted by molar-refractivity contribution is 7.23. The predicted octanol–water partition coefficient (Wildman–Crippen LogP) is 4.62.